The molecular formula is C14H23N3. The summed E-state index contributed by atoms with van der Waals surface area (Å²) in [7, 11) is 0. The lowest BCUT2D eigenvalue weighted by molar-refractivity contribution is 0.198. The Morgan fingerprint density at radius 2 is 2.12 bits per heavy atom. The van der Waals surface area contributed by atoms with E-state index < -0.39 is 0 Å². The van der Waals surface area contributed by atoms with Gasteiger partial charge in [-0.25, -0.2) is 0 Å². The first-order valence-corrected chi connectivity index (χ1v) is 6.58. The second kappa shape index (κ2) is 6.74. The zero-order valence-electron chi connectivity index (χ0n) is 10.4. The van der Waals surface area contributed by atoms with Crippen molar-refractivity contribution >= 4 is 0 Å². The van der Waals surface area contributed by atoms with Gasteiger partial charge in [0.2, 0.25) is 0 Å². The van der Waals surface area contributed by atoms with Crippen LogP contribution in [0.15, 0.2) is 30.3 Å². The first-order valence-electron chi connectivity index (χ1n) is 6.58. The Balaban J connectivity index is 1.81. The van der Waals surface area contributed by atoms with E-state index in [4.69, 9.17) is 5.73 Å². The zero-order valence-corrected chi connectivity index (χ0v) is 10.4. The maximum absolute atomic E-state index is 5.56. The van der Waals surface area contributed by atoms with E-state index in [-0.39, 0.29) is 0 Å². The predicted octanol–water partition coefficient (Wildman–Crippen LogP) is 0.852. The second-order valence-corrected chi connectivity index (χ2v) is 4.78. The fourth-order valence-corrected chi connectivity index (χ4v) is 2.45. The van der Waals surface area contributed by atoms with Gasteiger partial charge in [0.25, 0.3) is 0 Å². The van der Waals surface area contributed by atoms with Crippen molar-refractivity contribution < 1.29 is 0 Å². The summed E-state index contributed by atoms with van der Waals surface area (Å²) >= 11 is 0. The molecule has 0 amide bonds. The summed E-state index contributed by atoms with van der Waals surface area (Å²) in [5.41, 5.74) is 6.98. The number of nitrogens with one attached hydrogen (secondary N) is 1. The number of hydrogen-bond donors (Lipinski definition) is 2. The highest BCUT2D eigenvalue weighted by Gasteiger charge is 2.18. The number of nitrogens with zero attached hydrogens (tertiary/aromatic N) is 1. The number of hydrogen-bond acceptors (Lipinski definition) is 3. The van der Waals surface area contributed by atoms with Gasteiger partial charge in [0, 0.05) is 25.7 Å². The van der Waals surface area contributed by atoms with Crippen LogP contribution in [0.3, 0.4) is 0 Å². The summed E-state index contributed by atoms with van der Waals surface area (Å²) < 4.78 is 0. The van der Waals surface area contributed by atoms with Crippen LogP contribution in [0.4, 0.5) is 0 Å². The monoisotopic (exact) mass is 233 g/mol. The van der Waals surface area contributed by atoms with Gasteiger partial charge in [0.05, 0.1) is 0 Å². The molecule has 2 rings (SSSR count). The number of rotatable bonds is 5. The fraction of sp³-hybridized carbons (Fsp3) is 0.571. The Bertz CT molecular complexity index is 313. The van der Waals surface area contributed by atoms with E-state index in [1.54, 1.807) is 0 Å². The molecule has 1 fully saturated rings. The molecule has 3 nitrogen and oxygen atoms in total. The topological polar surface area (TPSA) is 41.3 Å². The smallest absolute Gasteiger partial charge is 0.0235 e. The van der Waals surface area contributed by atoms with E-state index in [0.717, 1.165) is 45.6 Å². The van der Waals surface area contributed by atoms with Gasteiger partial charge < -0.3 is 16.0 Å². The number of nitrogens with two attached hydrogens (primary N) is 1. The Labute approximate surface area is 104 Å². The van der Waals surface area contributed by atoms with Gasteiger partial charge in [-0.05, 0) is 31.5 Å². The lowest BCUT2D eigenvalue weighted by atomic mass is 10.0. The normalized spacial score (nSPS) is 21.6. The molecule has 1 saturated heterocycles. The molecule has 1 aliphatic rings. The first kappa shape index (κ1) is 12.6. The van der Waals surface area contributed by atoms with E-state index in [1.165, 1.54) is 5.56 Å². The molecule has 0 aliphatic carbocycles. The molecule has 0 bridgehead atoms. The first-order chi connectivity index (χ1) is 8.38. The molecule has 1 heterocycles. The predicted molar refractivity (Wildman–Crippen MR) is 72.0 cm³/mol. The molecule has 17 heavy (non-hydrogen) atoms. The summed E-state index contributed by atoms with van der Waals surface area (Å²) in [6.07, 6.45) is 2.23. The van der Waals surface area contributed by atoms with Crippen LogP contribution in [0.2, 0.25) is 0 Å². The molecule has 3 heteroatoms. The lowest BCUT2D eigenvalue weighted by Gasteiger charge is -2.33. The molecule has 1 aromatic rings. The average Bonchev–Trinajstić information content (AvgIpc) is 2.38. The number of piperazine rings is 1. The Morgan fingerprint density at radius 3 is 2.88 bits per heavy atom. The summed E-state index contributed by atoms with van der Waals surface area (Å²) in [4.78, 5) is 2.52. The van der Waals surface area contributed by atoms with E-state index >= 15 is 0 Å². The Morgan fingerprint density at radius 1 is 1.29 bits per heavy atom. The van der Waals surface area contributed by atoms with E-state index in [0.29, 0.717) is 6.04 Å². The SMILES string of the molecule is NCCCN1CCN[C@@H](Cc2ccccc2)C1. The van der Waals surface area contributed by atoms with Crippen LogP contribution < -0.4 is 11.1 Å². The van der Waals surface area contributed by atoms with E-state index in [1.807, 2.05) is 0 Å². The molecule has 1 aromatic carbocycles. The molecule has 1 aliphatic heterocycles. The van der Waals surface area contributed by atoms with Gasteiger partial charge >= 0.3 is 0 Å². The largest absolute Gasteiger partial charge is 0.330 e. The lowest BCUT2D eigenvalue weighted by Crippen LogP contribution is -2.51. The Hall–Kier alpha value is -0.900. The van der Waals surface area contributed by atoms with Crippen LogP contribution in [-0.4, -0.2) is 43.7 Å². The standard InChI is InChI=1S/C14H23N3/c15-7-4-9-17-10-8-16-14(12-17)11-13-5-2-1-3-6-13/h1-3,5-6,14,16H,4,7-12,15H2/t14-/m0/s1. The van der Waals surface area contributed by atoms with Gasteiger partial charge in [-0.1, -0.05) is 30.3 Å². The minimum Gasteiger partial charge on any atom is -0.330 e. The van der Waals surface area contributed by atoms with E-state index in [2.05, 4.69) is 40.5 Å². The minimum absolute atomic E-state index is 0.587. The van der Waals surface area contributed by atoms with E-state index in [9.17, 15) is 0 Å². The second-order valence-electron chi connectivity index (χ2n) is 4.78. The molecule has 0 spiro atoms. The number of benzene rings is 1. The van der Waals surface area contributed by atoms with Crippen LogP contribution in [0.5, 0.6) is 0 Å². The van der Waals surface area contributed by atoms with Crippen LogP contribution in [0.25, 0.3) is 0 Å². The van der Waals surface area contributed by atoms with Crippen LogP contribution in [-0.2, 0) is 6.42 Å². The maximum Gasteiger partial charge on any atom is 0.0235 e. The Kier molecular flexibility index (Phi) is 4.98. The van der Waals surface area contributed by atoms with Crippen molar-refractivity contribution in [3.63, 3.8) is 0 Å². The van der Waals surface area contributed by atoms with Gasteiger partial charge in [0.15, 0.2) is 0 Å². The van der Waals surface area contributed by atoms with Gasteiger partial charge in [-0.2, -0.15) is 0 Å². The van der Waals surface area contributed by atoms with Crippen molar-refractivity contribution in [3.05, 3.63) is 35.9 Å². The average molecular weight is 233 g/mol. The molecule has 0 saturated carbocycles. The van der Waals surface area contributed by atoms with Crippen LogP contribution in [0.1, 0.15) is 12.0 Å². The third-order valence-corrected chi connectivity index (χ3v) is 3.34. The molecule has 0 aromatic heterocycles. The highest BCUT2D eigenvalue weighted by atomic mass is 15.2. The van der Waals surface area contributed by atoms with Crippen molar-refractivity contribution in [1.29, 1.82) is 0 Å². The van der Waals surface area contributed by atoms with Crippen molar-refractivity contribution in [2.24, 2.45) is 5.73 Å². The summed E-state index contributed by atoms with van der Waals surface area (Å²) in [5.74, 6) is 0. The third kappa shape index (κ3) is 4.11. The quantitative estimate of drug-likeness (QED) is 0.792. The van der Waals surface area contributed by atoms with Crippen molar-refractivity contribution in [2.75, 3.05) is 32.7 Å². The molecule has 0 radical (unpaired) electrons. The molecule has 0 unspecified atom stereocenters. The third-order valence-electron chi connectivity index (χ3n) is 3.34. The molecular weight excluding hydrogens is 210 g/mol. The fourth-order valence-electron chi connectivity index (χ4n) is 2.45. The minimum atomic E-state index is 0.587. The summed E-state index contributed by atoms with van der Waals surface area (Å²) in [5, 5.41) is 3.60. The van der Waals surface area contributed by atoms with Crippen molar-refractivity contribution in [1.82, 2.24) is 10.2 Å². The van der Waals surface area contributed by atoms with Gasteiger partial charge in [0.1, 0.15) is 0 Å². The summed E-state index contributed by atoms with van der Waals surface area (Å²) in [6.45, 7) is 5.35. The summed E-state index contributed by atoms with van der Waals surface area (Å²) in [6, 6.07) is 11.3. The van der Waals surface area contributed by atoms with Crippen molar-refractivity contribution in [3.8, 4) is 0 Å². The molecule has 3 N–H and O–H groups in total. The van der Waals surface area contributed by atoms with Gasteiger partial charge in [-0.3, -0.25) is 0 Å². The van der Waals surface area contributed by atoms with Crippen molar-refractivity contribution in [2.45, 2.75) is 18.9 Å². The highest BCUT2D eigenvalue weighted by Crippen LogP contribution is 2.07. The van der Waals surface area contributed by atoms with Crippen LogP contribution in [0, 0.1) is 0 Å². The molecule has 1 atom stereocenters. The molecule has 94 valence electrons. The maximum atomic E-state index is 5.56. The zero-order chi connectivity index (χ0) is 11.9. The van der Waals surface area contributed by atoms with Gasteiger partial charge in [-0.15, -0.1) is 0 Å². The highest BCUT2D eigenvalue weighted by molar-refractivity contribution is 5.16. The van der Waals surface area contributed by atoms with Crippen LogP contribution >= 0.6 is 0 Å².